The van der Waals surface area contributed by atoms with E-state index in [9.17, 15) is 19.5 Å². The topological polar surface area (TPSA) is 90.0 Å². The van der Waals surface area contributed by atoms with Gasteiger partial charge < -0.3 is 20.2 Å². The number of rotatable bonds is 5. The van der Waals surface area contributed by atoms with Crippen LogP contribution in [0.5, 0.6) is 0 Å². The smallest absolute Gasteiger partial charge is 0.326 e. The first-order valence-electron chi connectivity index (χ1n) is 7.47. The number of aliphatic carboxylic acids is 1. The number of hydrogen-bond donors (Lipinski definition) is 2. The van der Waals surface area contributed by atoms with Crippen LogP contribution in [0.3, 0.4) is 0 Å². The van der Waals surface area contributed by atoms with Crippen LogP contribution in [0.4, 0.5) is 4.79 Å². The molecule has 120 valence electrons. The number of urea groups is 1. The number of carbonyl (C=O) groups excluding carboxylic acids is 2. The van der Waals surface area contributed by atoms with Crippen LogP contribution in [0.15, 0.2) is 0 Å². The van der Waals surface area contributed by atoms with E-state index in [0.717, 1.165) is 12.8 Å². The molecule has 0 aromatic heterocycles. The number of nitrogens with one attached hydrogen (secondary N) is 1. The van der Waals surface area contributed by atoms with Gasteiger partial charge in [-0.05, 0) is 32.6 Å². The van der Waals surface area contributed by atoms with Gasteiger partial charge in [0.2, 0.25) is 5.91 Å². The molecule has 1 aliphatic rings. The number of hydrogen-bond acceptors (Lipinski definition) is 3. The summed E-state index contributed by atoms with van der Waals surface area (Å²) in [5, 5.41) is 11.8. The Labute approximate surface area is 125 Å². The molecule has 0 aliphatic carbocycles. The van der Waals surface area contributed by atoms with Crippen LogP contribution in [0.1, 0.15) is 33.6 Å². The lowest BCUT2D eigenvalue weighted by Crippen LogP contribution is -2.56. The minimum atomic E-state index is -0.993. The van der Waals surface area contributed by atoms with Crippen molar-refractivity contribution >= 4 is 17.9 Å². The molecule has 1 heterocycles. The standard InChI is InChI=1S/C14H25N3O4/c1-4-16(5-2)11(18)9-15-14(21)17-8-6-7-10(3)12(17)13(19)20/h10,12H,4-9H2,1-3H3,(H,15,21)(H,19,20). The van der Waals surface area contributed by atoms with Gasteiger partial charge in [0.05, 0.1) is 6.54 Å². The van der Waals surface area contributed by atoms with Gasteiger partial charge in [0, 0.05) is 19.6 Å². The first kappa shape index (κ1) is 17.3. The molecule has 1 aliphatic heterocycles. The normalized spacial score (nSPS) is 21.8. The molecule has 2 N–H and O–H groups in total. The van der Waals surface area contributed by atoms with Crippen LogP contribution >= 0.6 is 0 Å². The second kappa shape index (κ2) is 7.85. The molecule has 0 spiro atoms. The lowest BCUT2D eigenvalue weighted by Gasteiger charge is -2.37. The van der Waals surface area contributed by atoms with Crippen LogP contribution in [0.2, 0.25) is 0 Å². The maximum Gasteiger partial charge on any atom is 0.326 e. The van der Waals surface area contributed by atoms with E-state index in [1.807, 2.05) is 20.8 Å². The zero-order valence-electron chi connectivity index (χ0n) is 13.0. The fourth-order valence-corrected chi connectivity index (χ4v) is 2.73. The van der Waals surface area contributed by atoms with E-state index in [-0.39, 0.29) is 18.4 Å². The highest BCUT2D eigenvalue weighted by atomic mass is 16.4. The third-order valence-electron chi connectivity index (χ3n) is 3.95. The molecule has 0 aromatic carbocycles. The third-order valence-corrected chi connectivity index (χ3v) is 3.95. The second-order valence-corrected chi connectivity index (χ2v) is 5.32. The van der Waals surface area contributed by atoms with Crippen molar-refractivity contribution in [2.75, 3.05) is 26.2 Å². The number of likely N-dealkylation sites (N-methyl/N-ethyl adjacent to an activating group) is 1. The highest BCUT2D eigenvalue weighted by molar-refractivity contribution is 5.87. The largest absolute Gasteiger partial charge is 0.480 e. The molecule has 3 amide bonds. The minimum absolute atomic E-state index is 0.0829. The van der Waals surface area contributed by atoms with Gasteiger partial charge in [-0.2, -0.15) is 0 Å². The van der Waals surface area contributed by atoms with Crippen LogP contribution < -0.4 is 5.32 Å². The van der Waals surface area contributed by atoms with Crippen molar-refractivity contribution in [1.82, 2.24) is 15.1 Å². The zero-order valence-corrected chi connectivity index (χ0v) is 13.0. The summed E-state index contributed by atoms with van der Waals surface area (Å²) in [6, 6.07) is -1.29. The molecule has 2 atom stereocenters. The maximum atomic E-state index is 12.1. The van der Waals surface area contributed by atoms with Gasteiger partial charge in [-0.25, -0.2) is 9.59 Å². The van der Waals surface area contributed by atoms with E-state index in [1.165, 1.54) is 4.90 Å². The molecule has 7 nitrogen and oxygen atoms in total. The van der Waals surface area contributed by atoms with Crippen LogP contribution in [0, 0.1) is 5.92 Å². The molecular weight excluding hydrogens is 274 g/mol. The van der Waals surface area contributed by atoms with E-state index in [2.05, 4.69) is 5.32 Å². The average molecular weight is 299 g/mol. The van der Waals surface area contributed by atoms with Gasteiger partial charge in [-0.15, -0.1) is 0 Å². The van der Waals surface area contributed by atoms with E-state index < -0.39 is 18.0 Å². The van der Waals surface area contributed by atoms with Crippen molar-refractivity contribution in [3.63, 3.8) is 0 Å². The molecule has 0 radical (unpaired) electrons. The van der Waals surface area contributed by atoms with Gasteiger partial charge in [-0.3, -0.25) is 4.79 Å². The molecule has 2 unspecified atom stereocenters. The van der Waals surface area contributed by atoms with Crippen molar-refractivity contribution in [2.45, 2.75) is 39.7 Å². The average Bonchev–Trinajstić information content (AvgIpc) is 2.45. The van der Waals surface area contributed by atoms with Crippen molar-refractivity contribution in [1.29, 1.82) is 0 Å². The summed E-state index contributed by atoms with van der Waals surface area (Å²) in [6.45, 7) is 7.06. The van der Waals surface area contributed by atoms with Crippen molar-refractivity contribution in [3.8, 4) is 0 Å². The van der Waals surface area contributed by atoms with E-state index >= 15 is 0 Å². The molecule has 1 rings (SSSR count). The Bertz CT molecular complexity index is 396. The number of carboxylic acid groups (broad SMARTS) is 1. The fourth-order valence-electron chi connectivity index (χ4n) is 2.73. The Morgan fingerprint density at radius 3 is 2.43 bits per heavy atom. The number of nitrogens with zero attached hydrogens (tertiary/aromatic N) is 2. The summed E-state index contributed by atoms with van der Waals surface area (Å²) < 4.78 is 0. The highest BCUT2D eigenvalue weighted by Gasteiger charge is 2.37. The number of piperidine rings is 1. The van der Waals surface area contributed by atoms with Gasteiger partial charge in [0.15, 0.2) is 0 Å². The monoisotopic (exact) mass is 299 g/mol. The van der Waals surface area contributed by atoms with Gasteiger partial charge in [0.25, 0.3) is 0 Å². The van der Waals surface area contributed by atoms with Crippen LogP contribution in [0.25, 0.3) is 0 Å². The minimum Gasteiger partial charge on any atom is -0.480 e. The summed E-state index contributed by atoms with van der Waals surface area (Å²) in [6.07, 6.45) is 1.57. The van der Waals surface area contributed by atoms with Crippen LogP contribution in [-0.4, -0.2) is 65.0 Å². The van der Waals surface area contributed by atoms with Gasteiger partial charge in [-0.1, -0.05) is 6.92 Å². The van der Waals surface area contributed by atoms with Gasteiger partial charge >= 0.3 is 12.0 Å². The number of likely N-dealkylation sites (tertiary alicyclic amines) is 1. The molecule has 7 heteroatoms. The lowest BCUT2D eigenvalue weighted by molar-refractivity contribution is -0.145. The molecule has 1 fully saturated rings. The molecule has 21 heavy (non-hydrogen) atoms. The Balaban J connectivity index is 2.61. The second-order valence-electron chi connectivity index (χ2n) is 5.32. The Hall–Kier alpha value is -1.79. The lowest BCUT2D eigenvalue weighted by atomic mass is 9.91. The number of amides is 3. The number of carboxylic acids is 1. The molecular formula is C14H25N3O4. The Kier molecular flexibility index (Phi) is 6.45. The summed E-state index contributed by atoms with van der Waals surface area (Å²) in [7, 11) is 0. The Morgan fingerprint density at radius 1 is 1.29 bits per heavy atom. The highest BCUT2D eigenvalue weighted by Crippen LogP contribution is 2.23. The van der Waals surface area contributed by atoms with Crippen molar-refractivity contribution < 1.29 is 19.5 Å². The third kappa shape index (κ3) is 4.34. The summed E-state index contributed by atoms with van der Waals surface area (Å²) in [5.41, 5.74) is 0. The van der Waals surface area contributed by atoms with E-state index in [1.54, 1.807) is 4.90 Å². The predicted molar refractivity (Wildman–Crippen MR) is 77.9 cm³/mol. The first-order valence-corrected chi connectivity index (χ1v) is 7.47. The molecule has 1 saturated heterocycles. The predicted octanol–water partition coefficient (Wildman–Crippen LogP) is 0.750. The molecule has 0 aromatic rings. The van der Waals surface area contributed by atoms with E-state index in [0.29, 0.717) is 19.6 Å². The quantitative estimate of drug-likeness (QED) is 0.784. The van der Waals surface area contributed by atoms with Crippen molar-refractivity contribution in [3.05, 3.63) is 0 Å². The zero-order chi connectivity index (χ0) is 16.0. The van der Waals surface area contributed by atoms with Gasteiger partial charge in [0.1, 0.15) is 6.04 Å². The van der Waals surface area contributed by atoms with E-state index in [4.69, 9.17) is 0 Å². The maximum absolute atomic E-state index is 12.1. The Morgan fingerprint density at radius 2 is 1.90 bits per heavy atom. The summed E-state index contributed by atoms with van der Waals surface area (Å²) in [4.78, 5) is 38.3. The van der Waals surface area contributed by atoms with Crippen LogP contribution in [-0.2, 0) is 9.59 Å². The molecule has 0 bridgehead atoms. The number of carbonyl (C=O) groups is 3. The van der Waals surface area contributed by atoms with Crippen molar-refractivity contribution in [2.24, 2.45) is 5.92 Å². The SMILES string of the molecule is CCN(CC)C(=O)CNC(=O)N1CCCC(C)C1C(=O)O. The summed E-state index contributed by atoms with van der Waals surface area (Å²) >= 11 is 0. The summed E-state index contributed by atoms with van der Waals surface area (Å²) in [5.74, 6) is -1.24. The fraction of sp³-hybridized carbons (Fsp3) is 0.786. The molecule has 0 saturated carbocycles. The first-order chi connectivity index (χ1) is 9.92.